The van der Waals surface area contributed by atoms with Gasteiger partial charge in [0.15, 0.2) is 4.84 Å². The molecule has 0 saturated carbocycles. The summed E-state index contributed by atoms with van der Waals surface area (Å²) in [6.45, 7) is 2.05. The Hall–Kier alpha value is -0.730. The highest BCUT2D eigenvalue weighted by atomic mass is 35.5. The van der Waals surface area contributed by atoms with Crippen LogP contribution in [0.4, 0.5) is 5.69 Å². The highest BCUT2D eigenvalue weighted by Gasteiger charge is 2.10. The summed E-state index contributed by atoms with van der Waals surface area (Å²) in [7, 11) is 0. The van der Waals surface area contributed by atoms with E-state index >= 15 is 0 Å². The van der Waals surface area contributed by atoms with Crippen LogP contribution in [-0.2, 0) is 11.2 Å². The van der Waals surface area contributed by atoms with Crippen LogP contribution in [0.25, 0.3) is 0 Å². The molecule has 14 heavy (non-hydrogen) atoms. The molecule has 0 aromatic heterocycles. The SMILES string of the molecule is CCc1cccc(NC(=O)C(Cl)Cl)c1. The minimum atomic E-state index is -1.03. The summed E-state index contributed by atoms with van der Waals surface area (Å²) in [4.78, 5) is 10.1. The molecule has 1 amide bonds. The van der Waals surface area contributed by atoms with Crippen LogP contribution in [-0.4, -0.2) is 10.7 Å². The number of carbonyl (C=O) groups is 1. The molecule has 0 aliphatic rings. The zero-order valence-electron chi connectivity index (χ0n) is 7.76. The quantitative estimate of drug-likeness (QED) is 0.797. The Balaban J connectivity index is 2.72. The summed E-state index contributed by atoms with van der Waals surface area (Å²) in [5, 5.41) is 2.61. The van der Waals surface area contributed by atoms with Crippen molar-refractivity contribution in [2.75, 3.05) is 5.32 Å². The van der Waals surface area contributed by atoms with Gasteiger partial charge in [-0.3, -0.25) is 4.79 Å². The maximum atomic E-state index is 11.1. The first-order chi connectivity index (χ1) is 6.63. The second kappa shape index (κ2) is 5.23. The van der Waals surface area contributed by atoms with Crippen molar-refractivity contribution in [1.82, 2.24) is 0 Å². The van der Waals surface area contributed by atoms with Crippen LogP contribution in [0.15, 0.2) is 24.3 Å². The molecule has 4 heteroatoms. The summed E-state index contributed by atoms with van der Waals surface area (Å²) in [6.07, 6.45) is 0.925. The molecule has 76 valence electrons. The number of anilines is 1. The van der Waals surface area contributed by atoms with E-state index in [-0.39, 0.29) is 0 Å². The summed E-state index contributed by atoms with van der Waals surface area (Å²) in [5.74, 6) is -0.401. The summed E-state index contributed by atoms with van der Waals surface area (Å²) >= 11 is 10.8. The van der Waals surface area contributed by atoms with Gasteiger partial charge >= 0.3 is 0 Å². The van der Waals surface area contributed by atoms with Gasteiger partial charge in [0.05, 0.1) is 0 Å². The van der Waals surface area contributed by atoms with Crippen molar-refractivity contribution in [3.05, 3.63) is 29.8 Å². The Labute approximate surface area is 93.2 Å². The van der Waals surface area contributed by atoms with Crippen molar-refractivity contribution in [3.63, 3.8) is 0 Å². The molecule has 0 atom stereocenters. The molecule has 1 aromatic rings. The van der Waals surface area contributed by atoms with Crippen molar-refractivity contribution in [1.29, 1.82) is 0 Å². The normalized spacial score (nSPS) is 10.3. The van der Waals surface area contributed by atoms with Gasteiger partial charge in [0.25, 0.3) is 5.91 Å². The molecule has 0 saturated heterocycles. The zero-order valence-corrected chi connectivity index (χ0v) is 9.27. The van der Waals surface area contributed by atoms with Crippen LogP contribution >= 0.6 is 23.2 Å². The lowest BCUT2D eigenvalue weighted by Gasteiger charge is -2.06. The van der Waals surface area contributed by atoms with Gasteiger partial charge in [-0.2, -0.15) is 0 Å². The third-order valence-electron chi connectivity index (χ3n) is 1.80. The van der Waals surface area contributed by atoms with E-state index in [1.807, 2.05) is 25.1 Å². The zero-order chi connectivity index (χ0) is 10.6. The average Bonchev–Trinajstić information content (AvgIpc) is 2.18. The van der Waals surface area contributed by atoms with Crippen LogP contribution < -0.4 is 5.32 Å². The maximum absolute atomic E-state index is 11.1. The first-order valence-corrected chi connectivity index (χ1v) is 5.18. The van der Waals surface area contributed by atoms with Crippen LogP contribution in [0.1, 0.15) is 12.5 Å². The van der Waals surface area contributed by atoms with Crippen LogP contribution in [0.3, 0.4) is 0 Å². The van der Waals surface area contributed by atoms with Gasteiger partial charge in [-0.25, -0.2) is 0 Å². The van der Waals surface area contributed by atoms with Gasteiger partial charge in [-0.05, 0) is 24.1 Å². The lowest BCUT2D eigenvalue weighted by atomic mass is 10.1. The predicted octanol–water partition coefficient (Wildman–Crippen LogP) is 2.99. The Morgan fingerprint density at radius 3 is 2.79 bits per heavy atom. The molecule has 0 aliphatic carbocycles. The first-order valence-electron chi connectivity index (χ1n) is 4.31. The maximum Gasteiger partial charge on any atom is 0.257 e. The van der Waals surface area contributed by atoms with E-state index in [9.17, 15) is 4.79 Å². The molecule has 0 spiro atoms. The van der Waals surface area contributed by atoms with E-state index in [1.165, 1.54) is 0 Å². The molecular weight excluding hydrogens is 221 g/mol. The number of carbonyl (C=O) groups excluding carboxylic acids is 1. The predicted molar refractivity (Wildman–Crippen MR) is 59.9 cm³/mol. The summed E-state index contributed by atoms with van der Waals surface area (Å²) < 4.78 is 0. The molecule has 0 bridgehead atoms. The van der Waals surface area contributed by atoms with Crippen molar-refractivity contribution in [3.8, 4) is 0 Å². The van der Waals surface area contributed by atoms with Crippen molar-refractivity contribution in [2.24, 2.45) is 0 Å². The van der Waals surface area contributed by atoms with Crippen LogP contribution in [0.2, 0.25) is 0 Å². The number of hydrogen-bond donors (Lipinski definition) is 1. The van der Waals surface area contributed by atoms with Gasteiger partial charge in [0.2, 0.25) is 0 Å². The number of hydrogen-bond acceptors (Lipinski definition) is 1. The van der Waals surface area contributed by atoms with Gasteiger partial charge in [-0.1, -0.05) is 42.3 Å². The summed E-state index contributed by atoms with van der Waals surface area (Å²) in [6, 6.07) is 7.57. The lowest BCUT2D eigenvalue weighted by Crippen LogP contribution is -2.18. The molecule has 1 N–H and O–H groups in total. The minimum absolute atomic E-state index is 0.401. The number of nitrogens with one attached hydrogen (secondary N) is 1. The molecule has 1 aromatic carbocycles. The highest BCUT2D eigenvalue weighted by molar-refractivity contribution is 6.54. The molecule has 0 radical (unpaired) electrons. The number of rotatable bonds is 3. The smallest absolute Gasteiger partial charge is 0.257 e. The monoisotopic (exact) mass is 231 g/mol. The topological polar surface area (TPSA) is 29.1 Å². The van der Waals surface area contributed by atoms with Crippen LogP contribution in [0.5, 0.6) is 0 Å². The number of halogens is 2. The van der Waals surface area contributed by atoms with Crippen molar-refractivity contribution < 1.29 is 4.79 Å². The van der Waals surface area contributed by atoms with Crippen molar-refractivity contribution in [2.45, 2.75) is 18.2 Å². The Morgan fingerprint density at radius 2 is 2.21 bits per heavy atom. The molecular formula is C10H11Cl2NO. The molecule has 0 unspecified atom stereocenters. The van der Waals surface area contributed by atoms with E-state index in [0.29, 0.717) is 0 Å². The van der Waals surface area contributed by atoms with Gasteiger partial charge in [-0.15, -0.1) is 0 Å². The van der Waals surface area contributed by atoms with E-state index < -0.39 is 10.7 Å². The third-order valence-corrected chi connectivity index (χ3v) is 2.20. The molecule has 0 heterocycles. The number of alkyl halides is 2. The van der Waals surface area contributed by atoms with E-state index in [4.69, 9.17) is 23.2 Å². The molecule has 0 aliphatic heterocycles. The van der Waals surface area contributed by atoms with E-state index in [2.05, 4.69) is 5.32 Å². The molecule has 1 rings (SSSR count). The minimum Gasteiger partial charge on any atom is -0.324 e. The number of aryl methyl sites for hydroxylation is 1. The largest absolute Gasteiger partial charge is 0.324 e. The van der Waals surface area contributed by atoms with E-state index in [0.717, 1.165) is 17.7 Å². The van der Waals surface area contributed by atoms with Gasteiger partial charge < -0.3 is 5.32 Å². The average molecular weight is 232 g/mol. The van der Waals surface area contributed by atoms with Crippen LogP contribution in [0, 0.1) is 0 Å². The first kappa shape index (κ1) is 11.3. The Morgan fingerprint density at radius 1 is 1.50 bits per heavy atom. The Kier molecular flexibility index (Phi) is 4.23. The lowest BCUT2D eigenvalue weighted by molar-refractivity contribution is -0.114. The van der Waals surface area contributed by atoms with Gasteiger partial charge in [0.1, 0.15) is 0 Å². The third kappa shape index (κ3) is 3.20. The fourth-order valence-corrected chi connectivity index (χ4v) is 1.17. The van der Waals surface area contributed by atoms with E-state index in [1.54, 1.807) is 6.07 Å². The molecule has 2 nitrogen and oxygen atoms in total. The fourth-order valence-electron chi connectivity index (χ4n) is 1.07. The highest BCUT2D eigenvalue weighted by Crippen LogP contribution is 2.13. The fraction of sp³-hybridized carbons (Fsp3) is 0.300. The standard InChI is InChI=1S/C10H11Cl2NO/c1-2-7-4-3-5-8(6-7)13-10(14)9(11)12/h3-6,9H,2H2,1H3,(H,13,14). The van der Waals surface area contributed by atoms with Crippen molar-refractivity contribution >= 4 is 34.8 Å². The second-order valence-electron chi connectivity index (χ2n) is 2.84. The number of benzene rings is 1. The number of amides is 1. The van der Waals surface area contributed by atoms with Gasteiger partial charge in [0, 0.05) is 5.69 Å². The molecule has 0 fully saturated rings. The Bertz CT molecular complexity index is 326. The summed E-state index contributed by atoms with van der Waals surface area (Å²) in [5.41, 5.74) is 1.88. The second-order valence-corrected chi connectivity index (χ2v) is 3.94.